The first kappa shape index (κ1) is 22.9. The van der Waals surface area contributed by atoms with E-state index in [1.54, 1.807) is 24.0 Å². The molecule has 6 nitrogen and oxygen atoms in total. The van der Waals surface area contributed by atoms with E-state index in [0.717, 1.165) is 23.7 Å². The number of carbonyl (C=O) groups excluding carboxylic acids is 2. The number of hydrogen-bond donors (Lipinski definition) is 0. The molecule has 0 aliphatic heterocycles. The molecule has 2 heterocycles. The Balaban J connectivity index is 1.58. The largest absolute Gasteiger partial charge is 0.423 e. The van der Waals surface area contributed by atoms with Gasteiger partial charge in [-0.15, -0.1) is 0 Å². The van der Waals surface area contributed by atoms with Crippen molar-refractivity contribution in [1.29, 1.82) is 0 Å². The number of benzene rings is 1. The molecule has 0 saturated carbocycles. The molecule has 32 heavy (non-hydrogen) atoms. The van der Waals surface area contributed by atoms with Crippen molar-refractivity contribution in [3.05, 3.63) is 91.5 Å². The van der Waals surface area contributed by atoms with Gasteiger partial charge in [0, 0.05) is 43.8 Å². The molecule has 0 spiro atoms. The first-order valence-corrected chi connectivity index (χ1v) is 10.7. The third kappa shape index (κ3) is 6.35. The van der Waals surface area contributed by atoms with Crippen LogP contribution in [0.4, 0.5) is 0 Å². The van der Waals surface area contributed by atoms with E-state index in [1.807, 2.05) is 24.5 Å². The van der Waals surface area contributed by atoms with Gasteiger partial charge in [0.15, 0.2) is 31.3 Å². The Bertz CT molecular complexity index is 1060. The number of ether oxygens (including phenoxy) is 1. The summed E-state index contributed by atoms with van der Waals surface area (Å²) in [6, 6.07) is 15.5. The molecule has 164 valence electrons. The summed E-state index contributed by atoms with van der Waals surface area (Å²) in [5.41, 5.74) is 3.30. The molecule has 0 unspecified atom stereocenters. The van der Waals surface area contributed by atoms with Crippen molar-refractivity contribution in [3.8, 4) is 16.9 Å². The van der Waals surface area contributed by atoms with Crippen LogP contribution in [0.25, 0.3) is 11.1 Å². The lowest BCUT2D eigenvalue weighted by molar-refractivity contribution is -0.696. The number of aryl methyl sites for hydroxylation is 1. The lowest BCUT2D eigenvalue weighted by Crippen LogP contribution is -2.41. The van der Waals surface area contributed by atoms with Gasteiger partial charge < -0.3 is 9.64 Å². The molecular weight excluding hydrogens is 402 g/mol. The zero-order valence-corrected chi connectivity index (χ0v) is 18.6. The lowest BCUT2D eigenvalue weighted by atomic mass is 10.1. The summed E-state index contributed by atoms with van der Waals surface area (Å²) >= 11 is 0. The maximum Gasteiger partial charge on any atom is 0.335 e. The third-order valence-corrected chi connectivity index (χ3v) is 5.24. The average Bonchev–Trinajstić information content (AvgIpc) is 2.83. The molecular formula is C26H29N3O3+2. The van der Waals surface area contributed by atoms with Crippen LogP contribution >= 0.6 is 0 Å². The van der Waals surface area contributed by atoms with E-state index in [9.17, 15) is 9.59 Å². The van der Waals surface area contributed by atoms with Crippen LogP contribution in [0.5, 0.6) is 5.75 Å². The van der Waals surface area contributed by atoms with Crippen LogP contribution in [-0.2, 0) is 29.2 Å². The van der Waals surface area contributed by atoms with Crippen LogP contribution in [0.1, 0.15) is 19.4 Å². The molecule has 0 aliphatic carbocycles. The average molecular weight is 432 g/mol. The Morgan fingerprint density at radius 2 is 1.50 bits per heavy atom. The van der Waals surface area contributed by atoms with Gasteiger partial charge in [-0.25, -0.2) is 13.9 Å². The number of amides is 1. The molecule has 0 atom stereocenters. The topological polar surface area (TPSA) is 54.4 Å². The Morgan fingerprint density at radius 3 is 2.00 bits per heavy atom. The molecule has 0 radical (unpaired) electrons. The Labute approximate surface area is 189 Å². The van der Waals surface area contributed by atoms with Crippen molar-refractivity contribution in [2.45, 2.75) is 33.5 Å². The maximum absolute atomic E-state index is 12.1. The van der Waals surface area contributed by atoms with Crippen LogP contribution in [0.2, 0.25) is 0 Å². The molecule has 1 aromatic carbocycles. The van der Waals surface area contributed by atoms with Gasteiger partial charge in [-0.2, -0.15) is 0 Å². The van der Waals surface area contributed by atoms with E-state index in [-0.39, 0.29) is 5.91 Å². The van der Waals surface area contributed by atoms with E-state index in [2.05, 4.69) is 59.3 Å². The monoisotopic (exact) mass is 431 g/mol. The van der Waals surface area contributed by atoms with Gasteiger partial charge in [-0.1, -0.05) is 18.7 Å². The number of esters is 1. The predicted octanol–water partition coefficient (Wildman–Crippen LogP) is 3.09. The highest BCUT2D eigenvalue weighted by molar-refractivity contribution is 5.83. The second kappa shape index (κ2) is 11.0. The lowest BCUT2D eigenvalue weighted by Gasteiger charge is -2.19. The summed E-state index contributed by atoms with van der Waals surface area (Å²) < 4.78 is 9.29. The number of aromatic nitrogens is 2. The minimum atomic E-state index is -0.497. The zero-order chi connectivity index (χ0) is 22.9. The SMILES string of the molecule is C=CC(=O)Oc1ccc(CN(CC[n+]2ccc(-c3cc[n+](CC)cc3)cc2)C(C)=O)cc1. The van der Waals surface area contributed by atoms with Crippen molar-refractivity contribution in [3.63, 3.8) is 0 Å². The molecule has 2 aromatic heterocycles. The van der Waals surface area contributed by atoms with Gasteiger partial charge in [-0.05, 0) is 35.7 Å². The van der Waals surface area contributed by atoms with Crippen LogP contribution in [0.15, 0.2) is 86.0 Å². The highest BCUT2D eigenvalue weighted by Crippen LogP contribution is 2.16. The molecule has 0 N–H and O–H groups in total. The maximum atomic E-state index is 12.1. The molecule has 0 bridgehead atoms. The van der Waals surface area contributed by atoms with Crippen molar-refractivity contribution < 1.29 is 23.5 Å². The number of nitrogens with zero attached hydrogens (tertiary/aromatic N) is 3. The van der Waals surface area contributed by atoms with Crippen LogP contribution in [0.3, 0.4) is 0 Å². The standard InChI is InChI=1S/C26H29N3O3/c1-4-26(31)32-25-8-6-22(7-9-25)20-29(21(3)30)19-18-28-16-12-24(13-17-28)23-10-14-27(5-2)15-11-23/h4,6-17H,1,5,18-20H2,2-3H3/q+2. The minimum absolute atomic E-state index is 0.0119. The van der Waals surface area contributed by atoms with Crippen molar-refractivity contribution >= 4 is 11.9 Å². The minimum Gasteiger partial charge on any atom is -0.423 e. The van der Waals surface area contributed by atoms with E-state index >= 15 is 0 Å². The summed E-state index contributed by atoms with van der Waals surface area (Å²) in [6.07, 6.45) is 9.36. The van der Waals surface area contributed by atoms with Gasteiger partial charge in [0.05, 0.1) is 6.54 Å². The summed E-state index contributed by atoms with van der Waals surface area (Å²) in [5.74, 6) is -0.0347. The van der Waals surface area contributed by atoms with Gasteiger partial charge in [-0.3, -0.25) is 4.79 Å². The second-order valence-corrected chi connectivity index (χ2v) is 7.45. The molecule has 0 aliphatic rings. The molecule has 1 amide bonds. The molecule has 6 heteroatoms. The van der Waals surface area contributed by atoms with E-state index in [4.69, 9.17) is 4.74 Å². The first-order valence-electron chi connectivity index (χ1n) is 10.7. The van der Waals surface area contributed by atoms with E-state index < -0.39 is 5.97 Å². The van der Waals surface area contributed by atoms with Gasteiger partial charge in [0.25, 0.3) is 0 Å². The number of hydrogen-bond acceptors (Lipinski definition) is 3. The second-order valence-electron chi connectivity index (χ2n) is 7.45. The number of rotatable bonds is 9. The summed E-state index contributed by atoms with van der Waals surface area (Å²) in [6.45, 7) is 9.81. The fourth-order valence-corrected chi connectivity index (χ4v) is 3.28. The summed E-state index contributed by atoms with van der Waals surface area (Å²) in [4.78, 5) is 25.2. The molecule has 0 fully saturated rings. The number of pyridine rings is 2. The Kier molecular flexibility index (Phi) is 7.86. The van der Waals surface area contributed by atoms with Gasteiger partial charge >= 0.3 is 5.97 Å². The van der Waals surface area contributed by atoms with Crippen molar-refractivity contribution in [2.24, 2.45) is 0 Å². The van der Waals surface area contributed by atoms with Crippen LogP contribution < -0.4 is 13.9 Å². The van der Waals surface area contributed by atoms with E-state index in [1.165, 1.54) is 5.56 Å². The highest BCUT2D eigenvalue weighted by Gasteiger charge is 2.13. The summed E-state index contributed by atoms with van der Waals surface area (Å²) in [5, 5.41) is 0. The van der Waals surface area contributed by atoms with Crippen molar-refractivity contribution in [2.75, 3.05) is 6.54 Å². The fraction of sp³-hybridized carbons (Fsp3) is 0.231. The van der Waals surface area contributed by atoms with Crippen molar-refractivity contribution in [1.82, 2.24) is 4.90 Å². The first-order chi connectivity index (χ1) is 15.5. The normalized spacial score (nSPS) is 10.4. The molecule has 3 aromatic rings. The smallest absolute Gasteiger partial charge is 0.335 e. The van der Waals surface area contributed by atoms with Crippen LogP contribution in [0, 0.1) is 0 Å². The van der Waals surface area contributed by atoms with Crippen LogP contribution in [-0.4, -0.2) is 23.3 Å². The fourth-order valence-electron chi connectivity index (χ4n) is 3.28. The zero-order valence-electron chi connectivity index (χ0n) is 18.6. The third-order valence-electron chi connectivity index (χ3n) is 5.24. The number of carbonyl (C=O) groups is 2. The molecule has 3 rings (SSSR count). The van der Waals surface area contributed by atoms with Gasteiger partial charge in [0.2, 0.25) is 5.91 Å². The Morgan fingerprint density at radius 1 is 0.938 bits per heavy atom. The van der Waals surface area contributed by atoms with E-state index in [0.29, 0.717) is 25.4 Å². The quantitative estimate of drug-likeness (QED) is 0.226. The summed E-state index contributed by atoms with van der Waals surface area (Å²) in [7, 11) is 0. The Hall–Kier alpha value is -3.80. The molecule has 0 saturated heterocycles. The van der Waals surface area contributed by atoms with Gasteiger partial charge in [0.1, 0.15) is 12.3 Å². The predicted molar refractivity (Wildman–Crippen MR) is 121 cm³/mol. The highest BCUT2D eigenvalue weighted by atomic mass is 16.5.